The number of nitrogen functional groups attached to an aromatic ring is 1. The molecule has 4 aromatic rings. The zero-order chi connectivity index (χ0) is 26.7. The SMILES string of the molecule is Nc1nccc(C2CN(C(=O)OCc3ccccc3)C(c3ncc[nH]3)CC2c2cccc(C(F)(F)F)c2)n1. The van der Waals surface area contributed by atoms with Gasteiger partial charge in [0.15, 0.2) is 0 Å². The first-order valence-corrected chi connectivity index (χ1v) is 12.0. The van der Waals surface area contributed by atoms with Crippen LogP contribution >= 0.6 is 0 Å². The van der Waals surface area contributed by atoms with Crippen molar-refractivity contribution < 1.29 is 22.7 Å². The molecule has 38 heavy (non-hydrogen) atoms. The summed E-state index contributed by atoms with van der Waals surface area (Å²) in [6, 6.07) is 15.6. The molecule has 3 atom stereocenters. The van der Waals surface area contributed by atoms with Crippen molar-refractivity contribution in [3.8, 4) is 0 Å². The van der Waals surface area contributed by atoms with Crippen LogP contribution in [0.25, 0.3) is 0 Å². The van der Waals surface area contributed by atoms with Crippen LogP contribution in [-0.2, 0) is 17.5 Å². The first-order chi connectivity index (χ1) is 18.3. The minimum absolute atomic E-state index is 0.0386. The number of ether oxygens (including phenoxy) is 1. The number of aromatic amines is 1. The Morgan fingerprint density at radius 1 is 1.05 bits per heavy atom. The van der Waals surface area contributed by atoms with Crippen LogP contribution in [0.3, 0.4) is 0 Å². The third-order valence-corrected chi connectivity index (χ3v) is 6.72. The number of imidazole rings is 1. The van der Waals surface area contributed by atoms with Gasteiger partial charge in [0.2, 0.25) is 5.95 Å². The van der Waals surface area contributed by atoms with Gasteiger partial charge in [0.05, 0.1) is 17.3 Å². The largest absolute Gasteiger partial charge is 0.445 e. The van der Waals surface area contributed by atoms with Gasteiger partial charge in [0, 0.05) is 31.1 Å². The van der Waals surface area contributed by atoms with Crippen molar-refractivity contribution in [1.82, 2.24) is 24.8 Å². The van der Waals surface area contributed by atoms with Gasteiger partial charge in [-0.15, -0.1) is 0 Å². The van der Waals surface area contributed by atoms with Crippen molar-refractivity contribution in [1.29, 1.82) is 0 Å². The molecule has 3 unspecified atom stereocenters. The number of carbonyl (C=O) groups excluding carboxylic acids is 1. The number of rotatable bonds is 5. The number of hydrogen-bond acceptors (Lipinski definition) is 6. The Labute approximate surface area is 216 Å². The third kappa shape index (κ3) is 5.46. The van der Waals surface area contributed by atoms with E-state index in [-0.39, 0.29) is 25.5 Å². The van der Waals surface area contributed by atoms with Crippen LogP contribution in [-0.4, -0.2) is 37.5 Å². The van der Waals surface area contributed by atoms with Gasteiger partial charge in [-0.25, -0.2) is 19.7 Å². The number of carbonyl (C=O) groups is 1. The predicted octanol–water partition coefficient (Wildman–Crippen LogP) is 5.45. The lowest BCUT2D eigenvalue weighted by Crippen LogP contribution is -2.45. The number of nitrogens with one attached hydrogen (secondary N) is 1. The molecule has 1 saturated heterocycles. The fourth-order valence-corrected chi connectivity index (χ4v) is 4.93. The monoisotopic (exact) mass is 522 g/mol. The number of anilines is 1. The van der Waals surface area contributed by atoms with Crippen LogP contribution in [0.1, 0.15) is 52.5 Å². The van der Waals surface area contributed by atoms with Gasteiger partial charge in [-0.2, -0.15) is 13.2 Å². The zero-order valence-electron chi connectivity index (χ0n) is 20.2. The Morgan fingerprint density at radius 3 is 2.58 bits per heavy atom. The van der Waals surface area contributed by atoms with Gasteiger partial charge >= 0.3 is 12.3 Å². The Kier molecular flexibility index (Phi) is 6.99. The van der Waals surface area contributed by atoms with Crippen molar-refractivity contribution in [3.05, 3.63) is 107 Å². The van der Waals surface area contributed by atoms with E-state index in [4.69, 9.17) is 10.5 Å². The van der Waals surface area contributed by atoms with Crippen molar-refractivity contribution in [2.24, 2.45) is 0 Å². The normalized spacial score (nSPS) is 19.8. The Bertz CT molecular complexity index is 1380. The molecular weight excluding hydrogens is 497 g/mol. The number of nitrogens with two attached hydrogens (primary N) is 1. The van der Waals surface area contributed by atoms with Crippen LogP contribution in [0.2, 0.25) is 0 Å². The number of benzene rings is 2. The highest BCUT2D eigenvalue weighted by Crippen LogP contribution is 2.47. The third-order valence-electron chi connectivity index (χ3n) is 6.72. The van der Waals surface area contributed by atoms with Crippen molar-refractivity contribution in [2.45, 2.75) is 37.1 Å². The molecule has 3 N–H and O–H groups in total. The van der Waals surface area contributed by atoms with Crippen LogP contribution in [0.4, 0.5) is 23.9 Å². The minimum Gasteiger partial charge on any atom is -0.445 e. The number of amides is 1. The first-order valence-electron chi connectivity index (χ1n) is 12.0. The molecule has 0 radical (unpaired) electrons. The van der Waals surface area contributed by atoms with Gasteiger partial charge in [-0.1, -0.05) is 48.5 Å². The number of piperidine rings is 1. The van der Waals surface area contributed by atoms with Gasteiger partial charge in [0.1, 0.15) is 12.4 Å². The van der Waals surface area contributed by atoms with Gasteiger partial charge in [-0.3, -0.25) is 4.90 Å². The van der Waals surface area contributed by atoms with Gasteiger partial charge < -0.3 is 15.5 Å². The molecule has 196 valence electrons. The number of H-pyrrole nitrogens is 1. The maximum absolute atomic E-state index is 13.6. The number of halogens is 3. The fraction of sp³-hybridized carbons (Fsp3) is 0.259. The second kappa shape index (κ2) is 10.5. The lowest BCUT2D eigenvalue weighted by Gasteiger charge is -2.43. The number of alkyl halides is 3. The van der Waals surface area contributed by atoms with Crippen LogP contribution in [0.15, 0.2) is 79.3 Å². The molecule has 5 rings (SSSR count). The molecule has 0 spiro atoms. The Hall–Kier alpha value is -4.41. The van der Waals surface area contributed by atoms with Crippen LogP contribution < -0.4 is 5.73 Å². The molecule has 2 aromatic heterocycles. The smallest absolute Gasteiger partial charge is 0.416 e. The standard InChI is InChI=1S/C27H25F3N6O2/c28-27(29,30)19-8-4-7-18(13-19)20-14-23(24-32-11-12-33-24)36(15-21(20)22-9-10-34-25(31)35-22)26(37)38-16-17-5-2-1-3-6-17/h1-13,20-21,23H,14-16H2,(H,32,33)(H2,31,34,35). The highest BCUT2D eigenvalue weighted by molar-refractivity contribution is 5.69. The Balaban J connectivity index is 1.52. The summed E-state index contributed by atoms with van der Waals surface area (Å²) in [5.74, 6) is -0.352. The maximum Gasteiger partial charge on any atom is 0.416 e. The average Bonchev–Trinajstić information content (AvgIpc) is 3.46. The van der Waals surface area contributed by atoms with E-state index in [2.05, 4.69) is 19.9 Å². The summed E-state index contributed by atoms with van der Waals surface area (Å²) in [6.45, 7) is 0.194. The average molecular weight is 523 g/mol. The molecule has 1 aliphatic heterocycles. The molecular formula is C27H25F3N6O2. The summed E-state index contributed by atoms with van der Waals surface area (Å²) in [4.78, 5) is 30.7. The topological polar surface area (TPSA) is 110 Å². The van der Waals surface area contributed by atoms with E-state index in [9.17, 15) is 18.0 Å². The summed E-state index contributed by atoms with van der Waals surface area (Å²) in [5.41, 5.74) is 6.95. The number of likely N-dealkylation sites (tertiary alicyclic amines) is 1. The van der Waals surface area contributed by atoms with E-state index in [1.807, 2.05) is 30.3 Å². The van der Waals surface area contributed by atoms with Crippen molar-refractivity contribution >= 4 is 12.0 Å². The molecule has 2 aromatic carbocycles. The molecule has 3 heterocycles. The highest BCUT2D eigenvalue weighted by atomic mass is 19.4. The summed E-state index contributed by atoms with van der Waals surface area (Å²) < 4.78 is 46.4. The Morgan fingerprint density at radius 2 is 1.87 bits per heavy atom. The quantitative estimate of drug-likeness (QED) is 0.361. The van der Waals surface area contributed by atoms with Gasteiger partial charge in [-0.05, 0) is 35.6 Å². The van der Waals surface area contributed by atoms with Crippen LogP contribution in [0.5, 0.6) is 0 Å². The maximum atomic E-state index is 13.6. The molecule has 0 saturated carbocycles. The van der Waals surface area contributed by atoms with E-state index in [1.165, 1.54) is 12.3 Å². The molecule has 1 aliphatic rings. The second-order valence-corrected chi connectivity index (χ2v) is 9.09. The van der Waals surface area contributed by atoms with E-state index >= 15 is 0 Å². The molecule has 0 bridgehead atoms. The van der Waals surface area contributed by atoms with E-state index < -0.39 is 35.7 Å². The molecule has 1 fully saturated rings. The van der Waals surface area contributed by atoms with E-state index in [0.717, 1.165) is 17.7 Å². The van der Waals surface area contributed by atoms with E-state index in [0.29, 0.717) is 17.1 Å². The van der Waals surface area contributed by atoms with Crippen molar-refractivity contribution in [3.63, 3.8) is 0 Å². The summed E-state index contributed by atoms with van der Waals surface area (Å²) in [6.07, 6.45) is -0.0718. The molecule has 11 heteroatoms. The summed E-state index contributed by atoms with van der Waals surface area (Å²) in [7, 11) is 0. The number of hydrogen-bond donors (Lipinski definition) is 2. The summed E-state index contributed by atoms with van der Waals surface area (Å²) in [5, 5.41) is 0. The van der Waals surface area contributed by atoms with E-state index in [1.54, 1.807) is 29.4 Å². The lowest BCUT2D eigenvalue weighted by atomic mass is 9.75. The second-order valence-electron chi connectivity index (χ2n) is 9.09. The number of nitrogens with zero attached hydrogens (tertiary/aromatic N) is 4. The fourth-order valence-electron chi connectivity index (χ4n) is 4.93. The van der Waals surface area contributed by atoms with Crippen LogP contribution in [0, 0.1) is 0 Å². The summed E-state index contributed by atoms with van der Waals surface area (Å²) >= 11 is 0. The molecule has 0 aliphatic carbocycles. The lowest BCUT2D eigenvalue weighted by molar-refractivity contribution is -0.137. The predicted molar refractivity (Wildman–Crippen MR) is 133 cm³/mol. The molecule has 1 amide bonds. The minimum atomic E-state index is -4.49. The van der Waals surface area contributed by atoms with Gasteiger partial charge in [0.25, 0.3) is 0 Å². The first kappa shape index (κ1) is 25.2. The highest BCUT2D eigenvalue weighted by Gasteiger charge is 2.43. The van der Waals surface area contributed by atoms with Crippen molar-refractivity contribution in [2.75, 3.05) is 12.3 Å². The zero-order valence-corrected chi connectivity index (χ0v) is 20.2. The number of aromatic nitrogens is 4. The molecule has 8 nitrogen and oxygen atoms in total.